The maximum atomic E-state index is 11.6. The lowest BCUT2D eigenvalue weighted by atomic mass is 9.89. The second-order valence-corrected chi connectivity index (χ2v) is 7.92. The van der Waals surface area contributed by atoms with E-state index in [4.69, 9.17) is 4.74 Å². The number of fused-ring (bicyclic) bond motifs is 3. The molecule has 4 nitrogen and oxygen atoms in total. The number of nitrogens with zero attached hydrogens (tertiary/aromatic N) is 1. The van der Waals surface area contributed by atoms with Gasteiger partial charge in [-0.2, -0.15) is 0 Å². The van der Waals surface area contributed by atoms with Crippen LogP contribution in [0.1, 0.15) is 27.2 Å². The van der Waals surface area contributed by atoms with Crippen LogP contribution in [-0.4, -0.2) is 22.8 Å². The molecule has 154 valence electrons. The van der Waals surface area contributed by atoms with E-state index in [1.165, 1.54) is 22.4 Å². The molecule has 0 fully saturated rings. The summed E-state index contributed by atoms with van der Waals surface area (Å²) in [6, 6.07) is 24.1. The third-order valence-corrected chi connectivity index (χ3v) is 6.10. The Hall–Kier alpha value is -3.79. The number of hydrogen-bond donors (Lipinski definition) is 1. The SMILES string of the molecule is COc1ccc(-c2cc3c(n2-c2cccc(C(=O)O)c2)CCc2ccccc2-3)c(C)c1. The summed E-state index contributed by atoms with van der Waals surface area (Å²) in [6.45, 7) is 2.08. The Kier molecular flexibility index (Phi) is 4.63. The summed E-state index contributed by atoms with van der Waals surface area (Å²) in [5.74, 6) is -0.0993. The summed E-state index contributed by atoms with van der Waals surface area (Å²) in [4.78, 5) is 11.6. The highest BCUT2D eigenvalue weighted by Gasteiger charge is 2.24. The molecular weight excluding hydrogens is 386 g/mol. The van der Waals surface area contributed by atoms with Gasteiger partial charge in [-0.15, -0.1) is 0 Å². The van der Waals surface area contributed by atoms with E-state index in [0.717, 1.165) is 41.1 Å². The average Bonchev–Trinajstić information content (AvgIpc) is 3.18. The van der Waals surface area contributed by atoms with Gasteiger partial charge in [0.05, 0.1) is 18.4 Å². The molecule has 0 amide bonds. The van der Waals surface area contributed by atoms with E-state index in [1.807, 2.05) is 24.3 Å². The molecule has 3 aromatic carbocycles. The van der Waals surface area contributed by atoms with Crippen molar-refractivity contribution in [1.29, 1.82) is 0 Å². The van der Waals surface area contributed by atoms with Crippen molar-refractivity contribution in [3.8, 4) is 33.8 Å². The summed E-state index contributed by atoms with van der Waals surface area (Å²) in [5.41, 5.74) is 9.46. The molecule has 1 heterocycles. The number of hydrogen-bond acceptors (Lipinski definition) is 2. The molecule has 0 bridgehead atoms. The molecule has 4 aromatic rings. The van der Waals surface area contributed by atoms with Crippen LogP contribution in [0.15, 0.2) is 72.8 Å². The number of ether oxygens (including phenoxy) is 1. The van der Waals surface area contributed by atoms with Gasteiger partial charge in [-0.3, -0.25) is 0 Å². The van der Waals surface area contributed by atoms with Crippen LogP contribution in [0.2, 0.25) is 0 Å². The molecule has 0 spiro atoms. The van der Waals surface area contributed by atoms with Gasteiger partial charge in [0, 0.05) is 22.5 Å². The highest BCUT2D eigenvalue weighted by atomic mass is 16.5. The van der Waals surface area contributed by atoms with Crippen LogP contribution in [0, 0.1) is 6.92 Å². The quantitative estimate of drug-likeness (QED) is 0.455. The van der Waals surface area contributed by atoms with Crippen LogP contribution in [0.3, 0.4) is 0 Å². The summed E-state index contributed by atoms with van der Waals surface area (Å²) in [5, 5.41) is 9.54. The number of carboxylic acid groups (broad SMARTS) is 1. The molecule has 31 heavy (non-hydrogen) atoms. The Morgan fingerprint density at radius 1 is 0.903 bits per heavy atom. The maximum Gasteiger partial charge on any atom is 0.335 e. The fourth-order valence-corrected chi connectivity index (χ4v) is 4.61. The first-order valence-electron chi connectivity index (χ1n) is 10.4. The van der Waals surface area contributed by atoms with Gasteiger partial charge in [0.1, 0.15) is 5.75 Å². The first-order valence-corrected chi connectivity index (χ1v) is 10.4. The first kappa shape index (κ1) is 19.2. The van der Waals surface area contributed by atoms with Crippen molar-refractivity contribution in [3.05, 3.63) is 95.2 Å². The van der Waals surface area contributed by atoms with Gasteiger partial charge in [0.15, 0.2) is 0 Å². The topological polar surface area (TPSA) is 51.5 Å². The summed E-state index contributed by atoms with van der Waals surface area (Å²) < 4.78 is 7.63. The van der Waals surface area contributed by atoms with E-state index in [2.05, 4.69) is 47.9 Å². The standard InChI is InChI=1S/C27H23NO3/c1-17-14-21(31-2)11-12-22(17)26-16-24-23-9-4-3-6-18(23)10-13-25(24)28(26)20-8-5-7-19(15-20)27(29)30/h3-9,11-12,14-16H,10,13H2,1-2H3,(H,29,30). The van der Waals surface area contributed by atoms with Gasteiger partial charge in [-0.25, -0.2) is 4.79 Å². The highest BCUT2D eigenvalue weighted by Crippen LogP contribution is 2.41. The zero-order chi connectivity index (χ0) is 21.5. The number of aromatic nitrogens is 1. The first-order chi connectivity index (χ1) is 15.1. The summed E-state index contributed by atoms with van der Waals surface area (Å²) in [6.07, 6.45) is 1.87. The largest absolute Gasteiger partial charge is 0.497 e. The molecule has 1 aliphatic carbocycles. The van der Waals surface area contributed by atoms with Crippen molar-refractivity contribution >= 4 is 5.97 Å². The molecule has 1 aromatic heterocycles. The Morgan fingerprint density at radius 3 is 2.52 bits per heavy atom. The highest BCUT2D eigenvalue weighted by molar-refractivity contribution is 5.89. The average molecular weight is 409 g/mol. The normalized spacial score (nSPS) is 12.2. The summed E-state index contributed by atoms with van der Waals surface area (Å²) in [7, 11) is 1.67. The molecule has 5 rings (SSSR count). The molecule has 1 aliphatic rings. The third-order valence-electron chi connectivity index (χ3n) is 6.10. The van der Waals surface area contributed by atoms with Gasteiger partial charge in [0.2, 0.25) is 0 Å². The fraction of sp³-hybridized carbons (Fsp3) is 0.148. The number of rotatable bonds is 4. The van der Waals surface area contributed by atoms with E-state index >= 15 is 0 Å². The van der Waals surface area contributed by atoms with Crippen molar-refractivity contribution in [2.24, 2.45) is 0 Å². The Morgan fingerprint density at radius 2 is 1.74 bits per heavy atom. The number of methoxy groups -OCH3 is 1. The van der Waals surface area contributed by atoms with Crippen molar-refractivity contribution in [2.75, 3.05) is 7.11 Å². The molecule has 0 saturated heterocycles. The van der Waals surface area contributed by atoms with Gasteiger partial charge >= 0.3 is 5.97 Å². The Labute approximate surface area is 181 Å². The van der Waals surface area contributed by atoms with Crippen molar-refractivity contribution < 1.29 is 14.6 Å². The number of aryl methyl sites for hydroxylation is 2. The van der Waals surface area contributed by atoms with Gasteiger partial charge in [-0.1, -0.05) is 30.3 Å². The van der Waals surface area contributed by atoms with E-state index < -0.39 is 5.97 Å². The second-order valence-electron chi connectivity index (χ2n) is 7.92. The van der Waals surface area contributed by atoms with Crippen LogP contribution >= 0.6 is 0 Å². The lowest BCUT2D eigenvalue weighted by Gasteiger charge is -2.20. The molecule has 0 saturated carbocycles. The van der Waals surface area contributed by atoms with Crippen molar-refractivity contribution in [2.45, 2.75) is 19.8 Å². The monoisotopic (exact) mass is 409 g/mol. The molecule has 1 N–H and O–H groups in total. The predicted octanol–water partition coefficient (Wildman–Crippen LogP) is 5.93. The lowest BCUT2D eigenvalue weighted by molar-refractivity contribution is 0.0697. The minimum atomic E-state index is -0.921. The fourth-order valence-electron chi connectivity index (χ4n) is 4.61. The van der Waals surface area contributed by atoms with Gasteiger partial charge in [0.25, 0.3) is 0 Å². The van der Waals surface area contributed by atoms with Crippen LogP contribution in [0.5, 0.6) is 5.75 Å². The van der Waals surface area contributed by atoms with Crippen LogP contribution in [0.25, 0.3) is 28.1 Å². The number of carboxylic acids is 1. The number of carbonyl (C=O) groups is 1. The van der Waals surface area contributed by atoms with E-state index in [1.54, 1.807) is 19.2 Å². The maximum absolute atomic E-state index is 11.6. The molecular formula is C27H23NO3. The van der Waals surface area contributed by atoms with Crippen molar-refractivity contribution in [1.82, 2.24) is 4.57 Å². The van der Waals surface area contributed by atoms with Gasteiger partial charge < -0.3 is 14.4 Å². The van der Waals surface area contributed by atoms with E-state index in [0.29, 0.717) is 0 Å². The minimum absolute atomic E-state index is 0.286. The minimum Gasteiger partial charge on any atom is -0.497 e. The van der Waals surface area contributed by atoms with Gasteiger partial charge in [-0.05, 0) is 78.9 Å². The molecule has 0 unspecified atom stereocenters. The number of benzene rings is 3. The zero-order valence-corrected chi connectivity index (χ0v) is 17.6. The predicted molar refractivity (Wildman–Crippen MR) is 122 cm³/mol. The molecule has 0 aliphatic heterocycles. The number of aromatic carboxylic acids is 1. The third kappa shape index (κ3) is 3.21. The smallest absolute Gasteiger partial charge is 0.335 e. The second kappa shape index (κ2) is 7.47. The van der Waals surface area contributed by atoms with Crippen molar-refractivity contribution in [3.63, 3.8) is 0 Å². The summed E-state index contributed by atoms with van der Waals surface area (Å²) >= 11 is 0. The van der Waals surface area contributed by atoms with Crippen LogP contribution < -0.4 is 4.74 Å². The molecule has 0 atom stereocenters. The molecule has 0 radical (unpaired) electrons. The van der Waals surface area contributed by atoms with E-state index in [9.17, 15) is 9.90 Å². The van der Waals surface area contributed by atoms with Crippen LogP contribution in [0.4, 0.5) is 0 Å². The lowest BCUT2D eigenvalue weighted by Crippen LogP contribution is -2.09. The van der Waals surface area contributed by atoms with Crippen LogP contribution in [-0.2, 0) is 12.8 Å². The zero-order valence-electron chi connectivity index (χ0n) is 17.6. The van der Waals surface area contributed by atoms with E-state index in [-0.39, 0.29) is 5.56 Å². The Bertz CT molecular complexity index is 1320. The Balaban J connectivity index is 1.80. The molecule has 4 heteroatoms.